The molecule has 13 heavy (non-hydrogen) atoms. The SMILES string of the molecule is Cc1ccc(C)c(C[C@@H](C)CN)c1. The van der Waals surface area contributed by atoms with Gasteiger partial charge < -0.3 is 5.73 Å². The number of benzene rings is 1. The van der Waals surface area contributed by atoms with Crippen LogP contribution < -0.4 is 5.73 Å². The molecule has 0 radical (unpaired) electrons. The fourth-order valence-corrected chi connectivity index (χ4v) is 1.48. The summed E-state index contributed by atoms with van der Waals surface area (Å²) in [7, 11) is 0. The molecular formula is C12H19N. The highest BCUT2D eigenvalue weighted by atomic mass is 14.5. The normalized spacial score (nSPS) is 12.9. The van der Waals surface area contributed by atoms with Gasteiger partial charge in [-0.15, -0.1) is 0 Å². The maximum Gasteiger partial charge on any atom is -0.00483 e. The molecule has 1 aromatic carbocycles. The molecule has 2 N–H and O–H groups in total. The Balaban J connectivity index is 2.81. The van der Waals surface area contributed by atoms with Gasteiger partial charge in [0.25, 0.3) is 0 Å². The molecule has 0 bridgehead atoms. The summed E-state index contributed by atoms with van der Waals surface area (Å²) in [6.45, 7) is 7.27. The second-order valence-corrected chi connectivity index (χ2v) is 3.97. The molecule has 0 heterocycles. The molecule has 0 saturated carbocycles. The summed E-state index contributed by atoms with van der Waals surface area (Å²) in [5.41, 5.74) is 9.77. The van der Waals surface area contributed by atoms with Crippen LogP contribution in [0.1, 0.15) is 23.6 Å². The topological polar surface area (TPSA) is 26.0 Å². The predicted molar refractivity (Wildman–Crippen MR) is 57.8 cm³/mol. The fraction of sp³-hybridized carbons (Fsp3) is 0.500. The van der Waals surface area contributed by atoms with Crippen LogP contribution in [0.3, 0.4) is 0 Å². The number of nitrogens with two attached hydrogens (primary N) is 1. The van der Waals surface area contributed by atoms with Crippen molar-refractivity contribution in [3.05, 3.63) is 34.9 Å². The maximum atomic E-state index is 5.61. The van der Waals surface area contributed by atoms with Gasteiger partial charge >= 0.3 is 0 Å². The maximum absolute atomic E-state index is 5.61. The lowest BCUT2D eigenvalue weighted by Crippen LogP contribution is -2.13. The molecule has 0 aliphatic heterocycles. The zero-order valence-corrected chi connectivity index (χ0v) is 8.80. The van der Waals surface area contributed by atoms with Crippen LogP contribution in [0.2, 0.25) is 0 Å². The molecule has 0 aliphatic carbocycles. The highest BCUT2D eigenvalue weighted by Crippen LogP contribution is 2.14. The van der Waals surface area contributed by atoms with Gasteiger partial charge in [0.05, 0.1) is 0 Å². The molecule has 1 aromatic rings. The molecule has 1 nitrogen and oxygen atoms in total. The molecule has 0 fully saturated rings. The summed E-state index contributed by atoms with van der Waals surface area (Å²) in [6.07, 6.45) is 1.10. The van der Waals surface area contributed by atoms with Gasteiger partial charge in [-0.25, -0.2) is 0 Å². The van der Waals surface area contributed by atoms with Gasteiger partial charge in [-0.3, -0.25) is 0 Å². The average Bonchev–Trinajstić information content (AvgIpc) is 2.11. The van der Waals surface area contributed by atoms with Crippen molar-refractivity contribution < 1.29 is 0 Å². The minimum Gasteiger partial charge on any atom is -0.330 e. The summed E-state index contributed by atoms with van der Waals surface area (Å²) >= 11 is 0. The third kappa shape index (κ3) is 2.85. The van der Waals surface area contributed by atoms with E-state index in [0.29, 0.717) is 5.92 Å². The third-order valence-electron chi connectivity index (χ3n) is 2.48. The second kappa shape index (κ2) is 4.43. The van der Waals surface area contributed by atoms with Crippen molar-refractivity contribution in [1.82, 2.24) is 0 Å². The first-order chi connectivity index (χ1) is 6.13. The van der Waals surface area contributed by atoms with Crippen LogP contribution in [0.5, 0.6) is 0 Å². The van der Waals surface area contributed by atoms with E-state index in [1.165, 1.54) is 16.7 Å². The average molecular weight is 177 g/mol. The van der Waals surface area contributed by atoms with Crippen LogP contribution in [0.25, 0.3) is 0 Å². The predicted octanol–water partition coefficient (Wildman–Crippen LogP) is 2.44. The largest absolute Gasteiger partial charge is 0.330 e. The quantitative estimate of drug-likeness (QED) is 0.754. The van der Waals surface area contributed by atoms with Gasteiger partial charge in [-0.1, -0.05) is 30.7 Å². The standard InChI is InChI=1S/C12H19N/c1-9-4-5-11(3)12(6-9)7-10(2)8-13/h4-6,10H,7-8,13H2,1-3H3/t10-/m1/s1. The van der Waals surface area contributed by atoms with Crippen molar-refractivity contribution in [2.45, 2.75) is 27.2 Å². The molecular weight excluding hydrogens is 158 g/mol. The van der Waals surface area contributed by atoms with E-state index in [2.05, 4.69) is 39.0 Å². The fourth-order valence-electron chi connectivity index (χ4n) is 1.48. The molecule has 72 valence electrons. The van der Waals surface area contributed by atoms with E-state index in [1.807, 2.05) is 0 Å². The molecule has 0 amide bonds. The highest BCUT2D eigenvalue weighted by molar-refractivity contribution is 5.30. The van der Waals surface area contributed by atoms with E-state index in [-0.39, 0.29) is 0 Å². The third-order valence-corrected chi connectivity index (χ3v) is 2.48. The lowest BCUT2D eigenvalue weighted by atomic mass is 9.96. The molecule has 0 aliphatic rings. The molecule has 1 heteroatoms. The summed E-state index contributed by atoms with van der Waals surface area (Å²) in [5.74, 6) is 0.584. The van der Waals surface area contributed by atoms with Crippen molar-refractivity contribution in [3.8, 4) is 0 Å². The highest BCUT2D eigenvalue weighted by Gasteiger charge is 2.03. The first-order valence-corrected chi connectivity index (χ1v) is 4.89. The molecule has 0 aromatic heterocycles. The Morgan fingerprint density at radius 1 is 1.31 bits per heavy atom. The molecule has 0 saturated heterocycles. The van der Waals surface area contributed by atoms with Gasteiger partial charge in [-0.2, -0.15) is 0 Å². The zero-order chi connectivity index (χ0) is 9.84. The van der Waals surface area contributed by atoms with Crippen molar-refractivity contribution in [2.24, 2.45) is 11.7 Å². The Hall–Kier alpha value is -0.820. The Morgan fingerprint density at radius 2 is 2.00 bits per heavy atom. The summed E-state index contributed by atoms with van der Waals surface area (Å²) < 4.78 is 0. The van der Waals surface area contributed by atoms with Crippen molar-refractivity contribution >= 4 is 0 Å². The van der Waals surface area contributed by atoms with Crippen LogP contribution in [-0.4, -0.2) is 6.54 Å². The first-order valence-electron chi connectivity index (χ1n) is 4.89. The minimum atomic E-state index is 0.584. The molecule has 0 spiro atoms. The van der Waals surface area contributed by atoms with Gasteiger partial charge in [0.15, 0.2) is 0 Å². The first kappa shape index (κ1) is 10.3. The van der Waals surface area contributed by atoms with Gasteiger partial charge in [-0.05, 0) is 43.9 Å². The lowest BCUT2D eigenvalue weighted by molar-refractivity contribution is 0.591. The molecule has 0 unspecified atom stereocenters. The number of rotatable bonds is 3. The molecule has 1 rings (SSSR count). The lowest BCUT2D eigenvalue weighted by Gasteiger charge is -2.11. The van der Waals surface area contributed by atoms with Gasteiger partial charge in [0, 0.05) is 0 Å². The van der Waals surface area contributed by atoms with Gasteiger partial charge in [0.2, 0.25) is 0 Å². The Bertz CT molecular complexity index is 278. The number of aryl methyl sites for hydroxylation is 2. The van der Waals surface area contributed by atoms with E-state index >= 15 is 0 Å². The van der Waals surface area contributed by atoms with Crippen LogP contribution >= 0.6 is 0 Å². The smallest absolute Gasteiger partial charge is 0.00483 e. The molecule has 1 atom stereocenters. The van der Waals surface area contributed by atoms with E-state index < -0.39 is 0 Å². The number of hydrogen-bond acceptors (Lipinski definition) is 1. The Morgan fingerprint density at radius 3 is 2.62 bits per heavy atom. The zero-order valence-electron chi connectivity index (χ0n) is 8.80. The summed E-state index contributed by atoms with van der Waals surface area (Å²) in [5, 5.41) is 0. The van der Waals surface area contributed by atoms with Gasteiger partial charge in [0.1, 0.15) is 0 Å². The Kier molecular flexibility index (Phi) is 3.49. The Labute approximate surface area is 81.0 Å². The van der Waals surface area contributed by atoms with E-state index in [9.17, 15) is 0 Å². The minimum absolute atomic E-state index is 0.584. The van der Waals surface area contributed by atoms with E-state index in [1.54, 1.807) is 0 Å². The van der Waals surface area contributed by atoms with E-state index in [0.717, 1.165) is 13.0 Å². The van der Waals surface area contributed by atoms with Crippen LogP contribution in [0.15, 0.2) is 18.2 Å². The second-order valence-electron chi connectivity index (χ2n) is 3.97. The van der Waals surface area contributed by atoms with Crippen LogP contribution in [0, 0.1) is 19.8 Å². The van der Waals surface area contributed by atoms with Crippen LogP contribution in [-0.2, 0) is 6.42 Å². The summed E-state index contributed by atoms with van der Waals surface area (Å²) in [4.78, 5) is 0. The summed E-state index contributed by atoms with van der Waals surface area (Å²) in [6, 6.07) is 6.61. The van der Waals surface area contributed by atoms with E-state index in [4.69, 9.17) is 5.73 Å². The van der Waals surface area contributed by atoms with Crippen molar-refractivity contribution in [1.29, 1.82) is 0 Å². The van der Waals surface area contributed by atoms with Crippen LogP contribution in [0.4, 0.5) is 0 Å². The van der Waals surface area contributed by atoms with Crippen molar-refractivity contribution in [3.63, 3.8) is 0 Å². The van der Waals surface area contributed by atoms with Crippen molar-refractivity contribution in [2.75, 3.05) is 6.54 Å². The monoisotopic (exact) mass is 177 g/mol. The number of hydrogen-bond donors (Lipinski definition) is 1.